The van der Waals surface area contributed by atoms with Gasteiger partial charge in [0.25, 0.3) is 0 Å². The molecule has 2 unspecified atom stereocenters. The van der Waals surface area contributed by atoms with E-state index in [1.54, 1.807) is 0 Å². The predicted octanol–water partition coefficient (Wildman–Crippen LogP) is -0.979. The minimum atomic E-state index is -1.16. The molecule has 2 atom stereocenters. The molecule has 28 heavy (non-hydrogen) atoms. The van der Waals surface area contributed by atoms with Crippen molar-refractivity contribution in [3.63, 3.8) is 0 Å². The van der Waals surface area contributed by atoms with Crippen LogP contribution in [0.15, 0.2) is 11.9 Å². The van der Waals surface area contributed by atoms with Crippen molar-refractivity contribution < 1.29 is 19.5 Å². The number of urea groups is 2. The fourth-order valence-electron chi connectivity index (χ4n) is 2.41. The topological polar surface area (TPSA) is 182 Å². The van der Waals surface area contributed by atoms with Crippen molar-refractivity contribution in [2.45, 2.75) is 45.0 Å². The number of carbonyl (C=O) groups is 3. The van der Waals surface area contributed by atoms with Gasteiger partial charge in [0.05, 0.1) is 6.42 Å². The summed E-state index contributed by atoms with van der Waals surface area (Å²) in [5, 5.41) is 24.7. The zero-order valence-electron chi connectivity index (χ0n) is 15.5. The number of aromatic nitrogens is 3. The van der Waals surface area contributed by atoms with E-state index in [1.807, 2.05) is 20.8 Å². The summed E-state index contributed by atoms with van der Waals surface area (Å²) in [7, 11) is 0. The van der Waals surface area contributed by atoms with E-state index in [0.717, 1.165) is 0 Å². The summed E-state index contributed by atoms with van der Waals surface area (Å²) in [4.78, 5) is 47.4. The Bertz CT molecular complexity index is 832. The highest BCUT2D eigenvalue weighted by Crippen LogP contribution is 2.21. The van der Waals surface area contributed by atoms with Crippen LogP contribution in [0.4, 0.5) is 21.5 Å². The van der Waals surface area contributed by atoms with E-state index in [-0.39, 0.29) is 24.1 Å². The third-order valence-electron chi connectivity index (χ3n) is 3.66. The summed E-state index contributed by atoms with van der Waals surface area (Å²) in [6, 6.07) is -1.20. The van der Waals surface area contributed by atoms with Gasteiger partial charge in [-0.15, -0.1) is 0 Å². The van der Waals surface area contributed by atoms with Crippen molar-refractivity contribution in [3.8, 4) is 0 Å². The largest absolute Gasteiger partial charge is 0.370 e. The van der Waals surface area contributed by atoms with E-state index in [0.29, 0.717) is 5.82 Å². The van der Waals surface area contributed by atoms with Crippen LogP contribution in [0.5, 0.6) is 0 Å². The Hall–Kier alpha value is -3.48. The molecule has 7 N–H and O–H groups in total. The predicted molar refractivity (Wildman–Crippen MR) is 96.6 cm³/mol. The van der Waals surface area contributed by atoms with E-state index < -0.39 is 35.8 Å². The molecule has 1 aromatic rings. The summed E-state index contributed by atoms with van der Waals surface area (Å²) in [5.74, 6) is 0.430. The molecule has 0 aromatic carbocycles. The molecule has 0 bridgehead atoms. The van der Waals surface area contributed by atoms with Crippen molar-refractivity contribution in [2.75, 3.05) is 10.6 Å². The van der Waals surface area contributed by atoms with Crippen LogP contribution in [-0.2, 0) is 10.2 Å². The highest BCUT2D eigenvalue weighted by Gasteiger charge is 2.26. The number of carbonyl (C=O) groups excluding carboxylic acids is 3. The number of nitrogens with zero attached hydrogens (tertiary/aromatic N) is 3. The van der Waals surface area contributed by atoms with Gasteiger partial charge < -0.3 is 26.4 Å². The monoisotopic (exact) mass is 391 g/mol. The average Bonchev–Trinajstić information content (AvgIpc) is 2.51. The SMILES string of the molecule is CC(C)(C)c1nc(NC2=CC(O)NC(=O)N2)nc(NC2CC(=O)NC(=O)N2)n1. The highest BCUT2D eigenvalue weighted by molar-refractivity contribution is 5.97. The first-order valence-corrected chi connectivity index (χ1v) is 8.46. The van der Waals surface area contributed by atoms with Gasteiger partial charge in [0, 0.05) is 11.5 Å². The minimum absolute atomic E-state index is 0.00408. The maximum Gasteiger partial charge on any atom is 0.323 e. The van der Waals surface area contributed by atoms with E-state index in [9.17, 15) is 19.5 Å². The van der Waals surface area contributed by atoms with Crippen LogP contribution in [0.2, 0.25) is 0 Å². The average molecular weight is 391 g/mol. The normalized spacial score (nSPS) is 22.3. The molecule has 150 valence electrons. The Morgan fingerprint density at radius 2 is 1.71 bits per heavy atom. The molecule has 3 heterocycles. The number of anilines is 2. The van der Waals surface area contributed by atoms with Crippen molar-refractivity contribution in [1.29, 1.82) is 0 Å². The van der Waals surface area contributed by atoms with Crippen LogP contribution in [0, 0.1) is 0 Å². The Kier molecular flexibility index (Phi) is 5.00. The van der Waals surface area contributed by atoms with Crippen LogP contribution >= 0.6 is 0 Å². The second-order valence-electron chi connectivity index (χ2n) is 7.23. The zero-order valence-corrected chi connectivity index (χ0v) is 15.5. The van der Waals surface area contributed by atoms with Gasteiger partial charge in [-0.25, -0.2) is 9.59 Å². The highest BCUT2D eigenvalue weighted by atomic mass is 16.3. The molecule has 0 radical (unpaired) electrons. The lowest BCUT2D eigenvalue weighted by molar-refractivity contribution is -0.121. The molecule has 1 saturated heterocycles. The molecular formula is C15H21N9O4. The molecule has 13 nitrogen and oxygen atoms in total. The third-order valence-corrected chi connectivity index (χ3v) is 3.66. The first-order valence-electron chi connectivity index (χ1n) is 8.46. The van der Waals surface area contributed by atoms with Crippen LogP contribution in [0.3, 0.4) is 0 Å². The Balaban J connectivity index is 1.86. The van der Waals surface area contributed by atoms with Crippen LogP contribution in [0.1, 0.15) is 33.0 Å². The molecule has 5 amide bonds. The second kappa shape index (κ2) is 7.26. The van der Waals surface area contributed by atoms with E-state index in [1.165, 1.54) is 6.08 Å². The quantitative estimate of drug-likeness (QED) is 0.339. The lowest BCUT2D eigenvalue weighted by Crippen LogP contribution is -2.55. The van der Waals surface area contributed by atoms with Crippen molar-refractivity contribution in [1.82, 2.24) is 36.2 Å². The van der Waals surface area contributed by atoms with Gasteiger partial charge in [-0.3, -0.25) is 15.4 Å². The lowest BCUT2D eigenvalue weighted by Gasteiger charge is -2.25. The first kappa shape index (κ1) is 19.3. The molecule has 0 spiro atoms. The maximum absolute atomic E-state index is 11.5. The van der Waals surface area contributed by atoms with Gasteiger partial charge in [-0.1, -0.05) is 20.8 Å². The number of imide groups is 1. The van der Waals surface area contributed by atoms with E-state index >= 15 is 0 Å². The van der Waals surface area contributed by atoms with Gasteiger partial charge in [0.2, 0.25) is 17.8 Å². The number of hydrogen-bond donors (Lipinski definition) is 7. The smallest absolute Gasteiger partial charge is 0.323 e. The summed E-state index contributed by atoms with van der Waals surface area (Å²) in [6.07, 6.45) is -0.511. The Morgan fingerprint density at radius 1 is 1.04 bits per heavy atom. The fraction of sp³-hybridized carbons (Fsp3) is 0.467. The number of hydrogen-bond acceptors (Lipinski definition) is 9. The zero-order chi connectivity index (χ0) is 20.5. The molecular weight excluding hydrogens is 370 g/mol. The van der Waals surface area contributed by atoms with Crippen LogP contribution < -0.4 is 31.9 Å². The Morgan fingerprint density at radius 3 is 2.36 bits per heavy atom. The van der Waals surface area contributed by atoms with Crippen molar-refractivity contribution >= 4 is 29.9 Å². The number of aliphatic hydroxyl groups is 1. The summed E-state index contributed by atoms with van der Waals surface area (Å²) in [6.45, 7) is 5.71. The van der Waals surface area contributed by atoms with Gasteiger partial charge in [-0.2, -0.15) is 15.0 Å². The maximum atomic E-state index is 11.5. The van der Waals surface area contributed by atoms with Gasteiger partial charge in [0.1, 0.15) is 17.8 Å². The first-order chi connectivity index (χ1) is 13.1. The third kappa shape index (κ3) is 4.82. The molecule has 2 aliphatic rings. The van der Waals surface area contributed by atoms with Crippen molar-refractivity contribution in [3.05, 3.63) is 17.7 Å². The summed E-state index contributed by atoms with van der Waals surface area (Å²) < 4.78 is 0. The lowest BCUT2D eigenvalue weighted by atomic mass is 9.96. The van der Waals surface area contributed by atoms with Gasteiger partial charge in [-0.05, 0) is 0 Å². The molecule has 1 fully saturated rings. The molecule has 1 aromatic heterocycles. The number of aliphatic hydroxyl groups excluding tert-OH is 1. The van der Waals surface area contributed by atoms with Crippen LogP contribution in [-0.4, -0.2) is 50.4 Å². The molecule has 0 aliphatic carbocycles. The number of amides is 5. The fourth-order valence-corrected chi connectivity index (χ4v) is 2.41. The molecule has 3 rings (SSSR count). The van der Waals surface area contributed by atoms with Gasteiger partial charge >= 0.3 is 12.1 Å². The summed E-state index contributed by atoms with van der Waals surface area (Å²) >= 11 is 0. The van der Waals surface area contributed by atoms with Crippen molar-refractivity contribution in [2.24, 2.45) is 0 Å². The van der Waals surface area contributed by atoms with E-state index in [2.05, 4.69) is 46.9 Å². The van der Waals surface area contributed by atoms with E-state index in [4.69, 9.17) is 0 Å². The summed E-state index contributed by atoms with van der Waals surface area (Å²) in [5.41, 5.74) is -0.436. The van der Waals surface area contributed by atoms with Crippen LogP contribution in [0.25, 0.3) is 0 Å². The number of rotatable bonds is 4. The molecule has 2 aliphatic heterocycles. The Labute approximate surface area is 159 Å². The molecule has 13 heteroatoms. The minimum Gasteiger partial charge on any atom is -0.370 e. The second-order valence-corrected chi connectivity index (χ2v) is 7.23. The standard InChI is InChI=1S/C15H21N9O4/c1-15(2,3)10-22-11(16-6-4-8(25)20-13(27)18-6)24-12(23-10)17-7-5-9(26)21-14(28)19-7/h4,7-8,25H,5H2,1-3H3,(H2,18,20,27)(H2,19,21,26,28)(H2,16,17,22,23,24). The molecule has 0 saturated carbocycles. The number of nitrogens with one attached hydrogen (secondary N) is 6. The van der Waals surface area contributed by atoms with Gasteiger partial charge in [0.15, 0.2) is 6.23 Å².